The highest BCUT2D eigenvalue weighted by molar-refractivity contribution is 6.13. The molecular weight excluding hydrogens is 930 g/mol. The normalized spacial score (nSPS) is 18.0. The summed E-state index contributed by atoms with van der Waals surface area (Å²) in [6, 6.07) is 29.4. The molecule has 0 radical (unpaired) electrons. The van der Waals surface area contributed by atoms with E-state index in [-0.39, 0.29) is 52.9 Å². The summed E-state index contributed by atoms with van der Waals surface area (Å²) in [7, 11) is 4.93. The summed E-state index contributed by atoms with van der Waals surface area (Å²) in [5, 5.41) is 12.3. The van der Waals surface area contributed by atoms with Crippen LogP contribution in [0.4, 0.5) is 27.1 Å². The number of amides is 5. The number of aromatic nitrogens is 4. The van der Waals surface area contributed by atoms with Gasteiger partial charge in [0.05, 0.1) is 27.6 Å². The van der Waals surface area contributed by atoms with Crippen LogP contribution in [0.1, 0.15) is 65.4 Å². The van der Waals surface area contributed by atoms with Crippen molar-refractivity contribution in [2.45, 2.75) is 50.6 Å². The summed E-state index contributed by atoms with van der Waals surface area (Å²) in [4.78, 5) is 86.7. The number of para-hydroxylation sites is 1. The van der Waals surface area contributed by atoms with Gasteiger partial charge in [0.1, 0.15) is 11.9 Å². The summed E-state index contributed by atoms with van der Waals surface area (Å²) in [5.74, 6) is -2.26. The van der Waals surface area contributed by atoms with Crippen LogP contribution >= 0.6 is 0 Å². The van der Waals surface area contributed by atoms with E-state index >= 15 is 4.39 Å². The minimum absolute atomic E-state index is 0.0431. The van der Waals surface area contributed by atoms with Crippen molar-refractivity contribution in [3.63, 3.8) is 0 Å². The zero-order valence-corrected chi connectivity index (χ0v) is 41.0. The molecule has 0 bridgehead atoms. The van der Waals surface area contributed by atoms with Crippen molar-refractivity contribution in [3.8, 4) is 22.3 Å². The van der Waals surface area contributed by atoms with E-state index in [0.717, 1.165) is 92.2 Å². The van der Waals surface area contributed by atoms with Crippen molar-refractivity contribution in [1.29, 1.82) is 0 Å². The Balaban J connectivity index is 0.824. The predicted molar refractivity (Wildman–Crippen MR) is 279 cm³/mol. The second-order valence-corrected chi connectivity index (χ2v) is 19.4. The molecule has 374 valence electrons. The van der Waals surface area contributed by atoms with Gasteiger partial charge in [-0.05, 0) is 109 Å². The molecule has 11 rings (SSSR count). The summed E-state index contributed by atoms with van der Waals surface area (Å²) in [6.45, 7) is 5.58. The van der Waals surface area contributed by atoms with Gasteiger partial charge >= 0.3 is 5.69 Å². The van der Waals surface area contributed by atoms with Gasteiger partial charge in [-0.3, -0.25) is 48.0 Å². The smallest absolute Gasteiger partial charge is 0.329 e. The number of piperazine rings is 1. The number of halogens is 1. The highest BCUT2D eigenvalue weighted by Crippen LogP contribution is 2.41. The lowest BCUT2D eigenvalue weighted by molar-refractivity contribution is -0.135. The maximum atomic E-state index is 17.4. The molecule has 18 heteroatoms. The van der Waals surface area contributed by atoms with Crippen LogP contribution in [0.2, 0.25) is 0 Å². The number of benzene rings is 5. The average molecular weight is 986 g/mol. The van der Waals surface area contributed by atoms with Crippen molar-refractivity contribution >= 4 is 74.2 Å². The van der Waals surface area contributed by atoms with Crippen LogP contribution in [0.15, 0.2) is 102 Å². The quantitative estimate of drug-likeness (QED) is 0.134. The van der Waals surface area contributed by atoms with Crippen LogP contribution in [-0.2, 0) is 28.5 Å². The van der Waals surface area contributed by atoms with Gasteiger partial charge in [-0.15, -0.1) is 0 Å². The van der Waals surface area contributed by atoms with E-state index in [9.17, 15) is 28.8 Å². The fourth-order valence-electron chi connectivity index (χ4n) is 11.4. The van der Waals surface area contributed by atoms with Gasteiger partial charge in [0.2, 0.25) is 17.7 Å². The standard InChI is InChI=1S/C55H56FN11O6/c1-57-52(70)34-9-4-10-35(30-34)58-54(72)50-48-42(62(3)60-50)18-17-40(49(48)56)39-16-15-38(66-23-7-14-47(66)69)32-41(39)33-8-5-11-37(31-33)64-28-26-63(27-29-64)36-21-24-65(25-22-36)43-12-6-13-44-51(43)61(2)55(73)67(44)45-19-20-46(68)59-53(45)71/h4-6,8-13,15-18,30-32,36,45H,7,14,19-29H2,1-3H3,(H,57,70)(H,58,72)(H,59,68,71). The van der Waals surface area contributed by atoms with Crippen molar-refractivity contribution in [1.82, 2.24) is 34.4 Å². The number of hydrogen-bond donors (Lipinski definition) is 3. The Labute approximate surface area is 420 Å². The molecule has 1 unspecified atom stereocenters. The summed E-state index contributed by atoms with van der Waals surface area (Å²) < 4.78 is 22.0. The van der Waals surface area contributed by atoms with Crippen LogP contribution in [-0.4, -0.2) is 112 Å². The molecule has 0 saturated carbocycles. The summed E-state index contributed by atoms with van der Waals surface area (Å²) in [6.07, 6.45) is 3.60. The monoisotopic (exact) mass is 985 g/mol. The first-order valence-corrected chi connectivity index (χ1v) is 25.0. The van der Waals surface area contributed by atoms with Gasteiger partial charge in [0.15, 0.2) is 5.69 Å². The van der Waals surface area contributed by atoms with Crippen molar-refractivity contribution < 1.29 is 28.4 Å². The van der Waals surface area contributed by atoms with Crippen molar-refractivity contribution in [2.75, 3.05) is 72.9 Å². The van der Waals surface area contributed by atoms with Gasteiger partial charge in [-0.2, -0.15) is 5.10 Å². The molecule has 7 aromatic rings. The lowest BCUT2D eigenvalue weighted by Crippen LogP contribution is -2.53. The molecule has 4 aliphatic heterocycles. The minimum Gasteiger partial charge on any atom is -0.370 e. The number of imide groups is 1. The number of carbonyl (C=O) groups excluding carboxylic acids is 5. The Bertz CT molecular complexity index is 3450. The van der Waals surface area contributed by atoms with Crippen molar-refractivity contribution in [3.05, 3.63) is 125 Å². The van der Waals surface area contributed by atoms with Crippen LogP contribution in [0.25, 0.3) is 44.2 Å². The molecule has 17 nitrogen and oxygen atoms in total. The van der Waals surface area contributed by atoms with E-state index in [4.69, 9.17) is 0 Å². The van der Waals surface area contributed by atoms with Gasteiger partial charge in [-0.25, -0.2) is 9.18 Å². The van der Waals surface area contributed by atoms with E-state index in [1.165, 1.54) is 16.3 Å². The molecule has 4 fully saturated rings. The molecule has 5 aromatic carbocycles. The predicted octanol–water partition coefficient (Wildman–Crippen LogP) is 6.21. The Morgan fingerprint density at radius 1 is 0.712 bits per heavy atom. The largest absolute Gasteiger partial charge is 0.370 e. The van der Waals surface area contributed by atoms with E-state index in [1.807, 2.05) is 48.5 Å². The molecule has 4 saturated heterocycles. The van der Waals surface area contributed by atoms with Crippen LogP contribution in [0.3, 0.4) is 0 Å². The Morgan fingerprint density at radius 2 is 1.48 bits per heavy atom. The fraction of sp³-hybridized carbons (Fsp3) is 0.327. The topological polar surface area (TPSA) is 179 Å². The maximum Gasteiger partial charge on any atom is 0.329 e. The molecule has 1 atom stereocenters. The lowest BCUT2D eigenvalue weighted by Gasteiger charge is -2.44. The Hall–Kier alpha value is -8.12. The molecule has 2 aromatic heterocycles. The fourth-order valence-corrected chi connectivity index (χ4v) is 11.4. The zero-order valence-electron chi connectivity index (χ0n) is 41.0. The molecule has 6 heterocycles. The zero-order chi connectivity index (χ0) is 50.7. The first kappa shape index (κ1) is 47.2. The van der Waals surface area contributed by atoms with Crippen molar-refractivity contribution in [2.24, 2.45) is 14.1 Å². The van der Waals surface area contributed by atoms with Crippen LogP contribution in [0, 0.1) is 5.82 Å². The first-order valence-electron chi connectivity index (χ1n) is 25.0. The van der Waals surface area contributed by atoms with E-state index < -0.39 is 23.7 Å². The third-order valence-corrected chi connectivity index (χ3v) is 15.2. The summed E-state index contributed by atoms with van der Waals surface area (Å²) >= 11 is 0. The number of nitrogens with one attached hydrogen (secondary N) is 3. The average Bonchev–Trinajstić information content (AvgIpc) is 4.08. The number of hydrogen-bond acceptors (Lipinski definition) is 10. The highest BCUT2D eigenvalue weighted by atomic mass is 19.1. The molecule has 5 amide bonds. The van der Waals surface area contributed by atoms with E-state index in [0.29, 0.717) is 46.9 Å². The first-order chi connectivity index (χ1) is 35.4. The molecule has 0 aliphatic carbocycles. The molecular formula is C55H56FN11O6. The number of carbonyl (C=O) groups is 5. The maximum absolute atomic E-state index is 17.4. The van der Waals surface area contributed by atoms with Gasteiger partial charge < -0.3 is 25.3 Å². The SMILES string of the molecule is CNC(=O)c1cccc(NC(=O)c2nn(C)c3ccc(-c4ccc(N5CCCC5=O)cc4-c4cccc(N5CCN(C6CCN(c7cccc8c7n(C)c(=O)n8C7CCC(=O)NC7=O)CC6)CC5)c4)c(F)c23)c1. The minimum atomic E-state index is -0.739. The molecule has 73 heavy (non-hydrogen) atoms. The summed E-state index contributed by atoms with van der Waals surface area (Å²) in [5.41, 5.74) is 7.46. The third kappa shape index (κ3) is 8.58. The second-order valence-electron chi connectivity index (χ2n) is 19.4. The Kier molecular flexibility index (Phi) is 12.4. The van der Waals surface area contributed by atoms with Crippen LogP contribution in [0.5, 0.6) is 0 Å². The van der Waals surface area contributed by atoms with Gasteiger partial charge in [0.25, 0.3) is 11.8 Å². The second kappa shape index (κ2) is 19.1. The number of imidazole rings is 1. The number of aryl methyl sites for hydroxylation is 2. The Morgan fingerprint density at radius 3 is 2.23 bits per heavy atom. The van der Waals surface area contributed by atoms with E-state index in [1.54, 1.807) is 60.0 Å². The number of anilines is 4. The van der Waals surface area contributed by atoms with Gasteiger partial charge in [-0.1, -0.05) is 30.3 Å². The molecule has 3 N–H and O–H groups in total. The molecule has 0 spiro atoms. The highest BCUT2D eigenvalue weighted by Gasteiger charge is 2.34. The van der Waals surface area contributed by atoms with E-state index in [2.05, 4.69) is 47.9 Å². The number of rotatable bonds is 10. The number of piperidine rings is 2. The lowest BCUT2D eigenvalue weighted by atomic mass is 9.92. The molecule has 4 aliphatic rings. The third-order valence-electron chi connectivity index (χ3n) is 15.2. The number of fused-ring (bicyclic) bond motifs is 2. The number of nitrogens with zero attached hydrogens (tertiary/aromatic N) is 8. The van der Waals surface area contributed by atoms with Gasteiger partial charge in [0, 0.05) is 114 Å². The van der Waals surface area contributed by atoms with Crippen LogP contribution < -0.4 is 36.3 Å².